The van der Waals surface area contributed by atoms with Crippen LogP contribution in [0.25, 0.3) is 0 Å². The number of hydrogen-bond donors (Lipinski definition) is 2. The third-order valence-corrected chi connectivity index (χ3v) is 6.22. The van der Waals surface area contributed by atoms with Gasteiger partial charge in [0.1, 0.15) is 0 Å². The second-order valence-corrected chi connectivity index (χ2v) is 8.72. The molecule has 7 heteroatoms. The first kappa shape index (κ1) is 30.8. The van der Waals surface area contributed by atoms with Crippen molar-refractivity contribution in [3.05, 3.63) is 36.4 Å². The van der Waals surface area contributed by atoms with Crippen molar-refractivity contribution in [1.29, 1.82) is 0 Å². The summed E-state index contributed by atoms with van der Waals surface area (Å²) in [7, 11) is 3.83. The van der Waals surface area contributed by atoms with Gasteiger partial charge >= 0.3 is 21.7 Å². The molecule has 0 aliphatic carbocycles. The maximum Gasteiger partial charge on any atom is 2.00 e. The monoisotopic (exact) mass is 454 g/mol. The van der Waals surface area contributed by atoms with Crippen molar-refractivity contribution in [2.75, 3.05) is 39.9 Å². The van der Waals surface area contributed by atoms with Gasteiger partial charge in [0.25, 0.3) is 0 Å². The number of aliphatic hydroxyl groups is 2. The predicted molar refractivity (Wildman–Crippen MR) is 125 cm³/mol. The molecule has 2 nitrogen and oxygen atoms in total. The van der Waals surface area contributed by atoms with Crippen molar-refractivity contribution >= 4 is 55.5 Å². The fourth-order valence-electron chi connectivity index (χ4n) is 1.51. The minimum absolute atomic E-state index is 0. The summed E-state index contributed by atoms with van der Waals surface area (Å²) in [5.41, 5.74) is 0. The third kappa shape index (κ3) is 18.2. The van der Waals surface area contributed by atoms with E-state index in [2.05, 4.69) is 63.1 Å². The van der Waals surface area contributed by atoms with Crippen molar-refractivity contribution in [1.82, 2.24) is 0 Å². The molecule has 0 saturated carbocycles. The van der Waals surface area contributed by atoms with Crippen LogP contribution in [-0.4, -0.2) is 50.1 Å². The molecule has 2 rings (SSSR count). The van der Waals surface area contributed by atoms with Crippen LogP contribution in [0.1, 0.15) is 13.8 Å². The van der Waals surface area contributed by atoms with E-state index in [1.807, 2.05) is 0 Å². The zero-order chi connectivity index (χ0) is 18.8. The normalized spacial score (nSPS) is 10.6. The summed E-state index contributed by atoms with van der Waals surface area (Å²) >= 11 is 0. The quantitative estimate of drug-likeness (QED) is 0.424. The molecule has 0 amide bonds. The molecule has 0 saturated heterocycles. The van der Waals surface area contributed by atoms with Crippen LogP contribution >= 0.6 is 34.3 Å². The van der Waals surface area contributed by atoms with Gasteiger partial charge in [-0.15, -0.1) is 27.8 Å². The second kappa shape index (κ2) is 23.1. The van der Waals surface area contributed by atoms with E-state index in [-0.39, 0.29) is 34.9 Å². The molecule has 0 spiro atoms. The third-order valence-electron chi connectivity index (χ3n) is 2.66. The van der Waals surface area contributed by atoms with E-state index in [4.69, 9.17) is 10.2 Å². The summed E-state index contributed by atoms with van der Waals surface area (Å²) in [6.45, 7) is 12.7. The van der Waals surface area contributed by atoms with Gasteiger partial charge in [0.2, 0.25) is 0 Å². The van der Waals surface area contributed by atoms with Gasteiger partial charge in [-0.05, 0) is 27.2 Å². The molecular weight excluding hydrogens is 420 g/mol. The minimum atomic E-state index is 0. The van der Waals surface area contributed by atoms with Crippen molar-refractivity contribution < 1.29 is 31.9 Å². The Balaban J connectivity index is -0.000000287. The average Bonchev–Trinajstić information content (AvgIpc) is 3.25. The molecule has 0 heterocycles. The Bertz CT molecular complexity index is 406. The molecule has 0 aliphatic heterocycles. The van der Waals surface area contributed by atoms with Crippen molar-refractivity contribution in [2.45, 2.75) is 13.8 Å². The topological polar surface area (TPSA) is 40.5 Å². The van der Waals surface area contributed by atoms with Gasteiger partial charge < -0.3 is 10.2 Å². The van der Waals surface area contributed by atoms with Gasteiger partial charge in [0, 0.05) is 13.2 Å². The first-order chi connectivity index (χ1) is 11.6. The van der Waals surface area contributed by atoms with E-state index in [1.54, 1.807) is 13.8 Å². The summed E-state index contributed by atoms with van der Waals surface area (Å²) in [6, 6.07) is 13.5. The maximum absolute atomic E-state index is 7.57. The van der Waals surface area contributed by atoms with E-state index >= 15 is 0 Å². The molecule has 2 N–H and O–H groups in total. The molecule has 2 aromatic carbocycles. The molecule has 0 fully saturated rings. The van der Waals surface area contributed by atoms with Crippen LogP contribution in [0.2, 0.25) is 0 Å². The van der Waals surface area contributed by atoms with Crippen LogP contribution in [0.5, 0.6) is 0 Å². The molecule has 0 aliphatic rings. The van der Waals surface area contributed by atoms with Gasteiger partial charge in [-0.3, -0.25) is 0 Å². The summed E-state index contributed by atoms with van der Waals surface area (Å²) in [6.07, 6.45) is 0. The summed E-state index contributed by atoms with van der Waals surface area (Å²) in [5, 5.41) is 21.1. The Labute approximate surface area is 177 Å². The van der Waals surface area contributed by atoms with Crippen LogP contribution < -0.4 is 21.2 Å². The Morgan fingerprint density at radius 2 is 1.00 bits per heavy atom. The number of rotatable bonds is 4. The molecule has 142 valence electrons. The van der Waals surface area contributed by atoms with Crippen molar-refractivity contribution in [3.63, 3.8) is 0 Å². The summed E-state index contributed by atoms with van der Waals surface area (Å²) < 4.78 is 0. The standard InChI is InChI=1S/2C7H11P2.2C2H6O.Ti/c2*1-8-6-3-4-7(5-6)9-2;2*1-2-3;/h2*3-5,8-9H,1-2H3;2*3H,2H2,1H3;/q2*-1;;;+2. The first-order valence-corrected chi connectivity index (χ1v) is 14.0. The van der Waals surface area contributed by atoms with Gasteiger partial charge in [-0.2, -0.15) is 64.2 Å². The van der Waals surface area contributed by atoms with Crippen LogP contribution in [0.15, 0.2) is 36.4 Å². The molecule has 2 aromatic rings. The average molecular weight is 454 g/mol. The number of hydrogen-bond acceptors (Lipinski definition) is 2. The SMILES string of the molecule is CCO.CCO.CPc1c[cH-]c(PC)c1.CPc1c[cH-]c(PC)c1.[Ti+2]. The van der Waals surface area contributed by atoms with Crippen LogP contribution in [0, 0.1) is 0 Å². The smallest absolute Gasteiger partial charge is 0.397 e. The zero-order valence-electron chi connectivity index (χ0n) is 16.3. The summed E-state index contributed by atoms with van der Waals surface area (Å²) in [4.78, 5) is 0. The van der Waals surface area contributed by atoms with E-state index in [0.29, 0.717) is 0 Å². The van der Waals surface area contributed by atoms with Gasteiger partial charge in [-0.1, -0.05) is 13.3 Å². The predicted octanol–water partition coefficient (Wildman–Crippen LogP) is 2.54. The Kier molecular flexibility index (Phi) is 28.4. The van der Waals surface area contributed by atoms with Crippen molar-refractivity contribution in [2.24, 2.45) is 0 Å². The Morgan fingerprint density at radius 1 is 0.720 bits per heavy atom. The van der Waals surface area contributed by atoms with E-state index in [9.17, 15) is 0 Å². The zero-order valence-corrected chi connectivity index (χ0v) is 21.8. The second-order valence-electron chi connectivity index (χ2n) is 4.41. The van der Waals surface area contributed by atoms with Crippen LogP contribution in [0.3, 0.4) is 0 Å². The molecule has 0 radical (unpaired) electrons. The molecule has 4 atom stereocenters. The minimum Gasteiger partial charge on any atom is -0.397 e. The Morgan fingerprint density at radius 3 is 1.12 bits per heavy atom. The molecular formula is C18H34O2P4Ti. The molecule has 0 aromatic heterocycles. The van der Waals surface area contributed by atoms with E-state index < -0.39 is 0 Å². The summed E-state index contributed by atoms with van der Waals surface area (Å²) in [5.74, 6) is 0. The van der Waals surface area contributed by atoms with Crippen LogP contribution in [0.4, 0.5) is 0 Å². The largest absolute Gasteiger partial charge is 2.00 e. The number of aliphatic hydroxyl groups excluding tert-OH is 2. The Hall–Kier alpha value is 1.05. The molecule has 0 bridgehead atoms. The van der Waals surface area contributed by atoms with E-state index in [1.165, 1.54) is 21.2 Å². The van der Waals surface area contributed by atoms with E-state index in [0.717, 1.165) is 34.3 Å². The van der Waals surface area contributed by atoms with Crippen molar-refractivity contribution in [3.8, 4) is 0 Å². The molecule has 25 heavy (non-hydrogen) atoms. The fourth-order valence-corrected chi connectivity index (χ4v) is 4.00. The van der Waals surface area contributed by atoms with Gasteiger partial charge in [-0.25, -0.2) is 0 Å². The first-order valence-electron chi connectivity index (χ1n) is 8.02. The maximum atomic E-state index is 7.57. The fraction of sp³-hybridized carbons (Fsp3) is 0.444. The molecule has 4 unspecified atom stereocenters. The van der Waals surface area contributed by atoms with Gasteiger partial charge in [0.15, 0.2) is 0 Å². The van der Waals surface area contributed by atoms with Crippen LogP contribution in [-0.2, 0) is 21.7 Å². The van der Waals surface area contributed by atoms with Gasteiger partial charge in [0.05, 0.1) is 0 Å².